The summed E-state index contributed by atoms with van der Waals surface area (Å²) in [6.07, 6.45) is 0. The van der Waals surface area contributed by atoms with Crippen LogP contribution in [0.5, 0.6) is 0 Å². The van der Waals surface area contributed by atoms with E-state index in [1.807, 2.05) is 32.0 Å². The van der Waals surface area contributed by atoms with E-state index in [1.54, 1.807) is 4.68 Å². The summed E-state index contributed by atoms with van der Waals surface area (Å²) in [7, 11) is 0. The van der Waals surface area contributed by atoms with Crippen LogP contribution in [0.25, 0.3) is 10.9 Å². The second kappa shape index (κ2) is 3.83. The summed E-state index contributed by atoms with van der Waals surface area (Å²) < 4.78 is 1.79. The fourth-order valence-electron chi connectivity index (χ4n) is 1.61. The zero-order chi connectivity index (χ0) is 11.0. The summed E-state index contributed by atoms with van der Waals surface area (Å²) in [6, 6.07) is 6.00. The number of nitrogens with two attached hydrogens (primary N) is 1. The van der Waals surface area contributed by atoms with Crippen molar-refractivity contribution >= 4 is 22.5 Å². The first-order valence-corrected chi connectivity index (χ1v) is 5.42. The predicted octanol–water partition coefficient (Wildman–Crippen LogP) is 2.73. The Kier molecular flexibility index (Phi) is 2.67. The number of rotatable bonds is 2. The molecule has 0 bridgehead atoms. The van der Waals surface area contributed by atoms with E-state index in [1.165, 1.54) is 0 Å². The van der Waals surface area contributed by atoms with Gasteiger partial charge in [-0.3, -0.25) is 4.68 Å². The minimum Gasteiger partial charge on any atom is -0.324 e. The maximum atomic E-state index is 6.19. The molecule has 3 nitrogen and oxygen atoms in total. The van der Waals surface area contributed by atoms with E-state index in [4.69, 9.17) is 17.3 Å². The van der Waals surface area contributed by atoms with Gasteiger partial charge < -0.3 is 5.73 Å². The average molecular weight is 224 g/mol. The van der Waals surface area contributed by atoms with Crippen molar-refractivity contribution in [2.75, 3.05) is 0 Å². The van der Waals surface area contributed by atoms with Gasteiger partial charge in [0.2, 0.25) is 0 Å². The average Bonchev–Trinajstić information content (AvgIpc) is 2.55. The molecule has 4 heteroatoms. The molecule has 1 aromatic heterocycles. The molecule has 1 aromatic carbocycles. The Balaban J connectivity index is 2.65. The zero-order valence-corrected chi connectivity index (χ0v) is 9.62. The lowest BCUT2D eigenvalue weighted by atomic mass is 10.1. The normalized spacial score (nSPS) is 13.3. The van der Waals surface area contributed by atoms with Crippen LogP contribution in [0.3, 0.4) is 0 Å². The number of aromatic nitrogens is 2. The smallest absolute Gasteiger partial charge is 0.134 e. The molecule has 0 aliphatic rings. The Morgan fingerprint density at radius 3 is 2.87 bits per heavy atom. The van der Waals surface area contributed by atoms with Gasteiger partial charge in [-0.15, -0.1) is 0 Å². The van der Waals surface area contributed by atoms with E-state index in [9.17, 15) is 0 Å². The summed E-state index contributed by atoms with van der Waals surface area (Å²) in [6.45, 7) is 4.75. The van der Waals surface area contributed by atoms with Crippen LogP contribution in [-0.4, -0.2) is 9.78 Å². The van der Waals surface area contributed by atoms with Crippen molar-refractivity contribution in [3.63, 3.8) is 0 Å². The Bertz CT molecular complexity index is 488. The minimum absolute atomic E-state index is 0.0236. The third kappa shape index (κ3) is 1.73. The van der Waals surface area contributed by atoms with E-state index in [0.29, 0.717) is 5.15 Å². The molecule has 2 rings (SSSR count). The lowest BCUT2D eigenvalue weighted by Gasteiger charge is -2.04. The van der Waals surface area contributed by atoms with Crippen molar-refractivity contribution in [2.24, 2.45) is 5.73 Å². The maximum absolute atomic E-state index is 6.19. The molecule has 2 N–H and O–H groups in total. The molecular weight excluding hydrogens is 210 g/mol. The lowest BCUT2D eigenvalue weighted by molar-refractivity contribution is 0.669. The highest BCUT2D eigenvalue weighted by Crippen LogP contribution is 2.25. The Labute approximate surface area is 93.8 Å². The minimum atomic E-state index is 0.0236. The highest BCUT2D eigenvalue weighted by atomic mass is 35.5. The van der Waals surface area contributed by atoms with Crippen molar-refractivity contribution < 1.29 is 0 Å². The highest BCUT2D eigenvalue weighted by molar-refractivity contribution is 6.34. The Hall–Kier alpha value is -1.06. The number of benzene rings is 1. The van der Waals surface area contributed by atoms with Gasteiger partial charge >= 0.3 is 0 Å². The molecule has 1 atom stereocenters. The van der Waals surface area contributed by atoms with Gasteiger partial charge in [0.05, 0.1) is 5.52 Å². The van der Waals surface area contributed by atoms with Crippen molar-refractivity contribution in [3.8, 4) is 0 Å². The zero-order valence-electron chi connectivity index (χ0n) is 8.87. The standard InChI is InChI=1S/C11H14ClN3/c1-3-15-11(12)9-6-8(7(2)13)4-5-10(9)14-15/h4-7H,3,13H2,1-2H3. The first-order valence-electron chi connectivity index (χ1n) is 5.05. The van der Waals surface area contributed by atoms with Crippen LogP contribution in [0, 0.1) is 0 Å². The second-order valence-corrected chi connectivity index (χ2v) is 4.03. The fraction of sp³-hybridized carbons (Fsp3) is 0.364. The van der Waals surface area contributed by atoms with Gasteiger partial charge in [0, 0.05) is 18.0 Å². The van der Waals surface area contributed by atoms with Crippen molar-refractivity contribution in [2.45, 2.75) is 26.4 Å². The van der Waals surface area contributed by atoms with Crippen LogP contribution in [0.4, 0.5) is 0 Å². The first kappa shape index (κ1) is 10.5. The monoisotopic (exact) mass is 223 g/mol. The van der Waals surface area contributed by atoms with Crippen LogP contribution < -0.4 is 5.73 Å². The lowest BCUT2D eigenvalue weighted by Crippen LogP contribution is -2.04. The summed E-state index contributed by atoms with van der Waals surface area (Å²) in [5.74, 6) is 0. The molecule has 0 spiro atoms. The molecule has 2 aromatic rings. The van der Waals surface area contributed by atoms with Crippen LogP contribution in [0.1, 0.15) is 25.5 Å². The molecule has 1 heterocycles. The number of hydrogen-bond acceptors (Lipinski definition) is 2. The predicted molar refractivity (Wildman–Crippen MR) is 63.0 cm³/mol. The summed E-state index contributed by atoms with van der Waals surface area (Å²) in [5, 5.41) is 6.04. The van der Waals surface area contributed by atoms with Gasteiger partial charge in [-0.25, -0.2) is 0 Å². The van der Waals surface area contributed by atoms with Crippen LogP contribution >= 0.6 is 11.6 Å². The van der Waals surface area contributed by atoms with Gasteiger partial charge in [-0.1, -0.05) is 17.7 Å². The molecule has 0 amide bonds. The number of halogens is 1. The number of fused-ring (bicyclic) bond motifs is 1. The molecule has 1 unspecified atom stereocenters. The van der Waals surface area contributed by atoms with Crippen molar-refractivity contribution in [3.05, 3.63) is 28.9 Å². The molecule has 0 fully saturated rings. The third-order valence-corrected chi connectivity index (χ3v) is 2.92. The molecule has 15 heavy (non-hydrogen) atoms. The van der Waals surface area contributed by atoms with E-state index in [-0.39, 0.29) is 6.04 Å². The van der Waals surface area contributed by atoms with Gasteiger partial charge in [0.1, 0.15) is 5.15 Å². The summed E-state index contributed by atoms with van der Waals surface area (Å²) in [4.78, 5) is 0. The molecule has 0 radical (unpaired) electrons. The largest absolute Gasteiger partial charge is 0.324 e. The van der Waals surface area contributed by atoms with Crippen molar-refractivity contribution in [1.82, 2.24) is 9.78 Å². The SMILES string of the molecule is CCn1nc2ccc(C(C)N)cc2c1Cl. The van der Waals surface area contributed by atoms with Gasteiger partial charge in [-0.05, 0) is 31.5 Å². The molecule has 0 saturated heterocycles. The molecular formula is C11H14ClN3. The third-order valence-electron chi connectivity index (χ3n) is 2.52. The maximum Gasteiger partial charge on any atom is 0.134 e. The molecule has 80 valence electrons. The van der Waals surface area contributed by atoms with E-state index in [2.05, 4.69) is 5.10 Å². The number of aryl methyl sites for hydroxylation is 1. The number of hydrogen-bond donors (Lipinski definition) is 1. The molecule has 0 saturated carbocycles. The van der Waals surface area contributed by atoms with Crippen LogP contribution in [-0.2, 0) is 6.54 Å². The van der Waals surface area contributed by atoms with E-state index >= 15 is 0 Å². The summed E-state index contributed by atoms with van der Waals surface area (Å²) >= 11 is 6.19. The van der Waals surface area contributed by atoms with Gasteiger partial charge in [0.25, 0.3) is 0 Å². The van der Waals surface area contributed by atoms with Crippen LogP contribution in [0.15, 0.2) is 18.2 Å². The highest BCUT2D eigenvalue weighted by Gasteiger charge is 2.09. The fourth-order valence-corrected chi connectivity index (χ4v) is 1.92. The van der Waals surface area contributed by atoms with E-state index in [0.717, 1.165) is 23.0 Å². The quantitative estimate of drug-likeness (QED) is 0.851. The Morgan fingerprint density at radius 1 is 1.53 bits per heavy atom. The molecule has 0 aliphatic heterocycles. The Morgan fingerprint density at radius 2 is 2.27 bits per heavy atom. The van der Waals surface area contributed by atoms with E-state index < -0.39 is 0 Å². The number of nitrogens with zero attached hydrogens (tertiary/aromatic N) is 2. The van der Waals surface area contributed by atoms with Crippen LogP contribution in [0.2, 0.25) is 5.15 Å². The first-order chi connectivity index (χ1) is 7.13. The molecule has 0 aliphatic carbocycles. The van der Waals surface area contributed by atoms with Crippen molar-refractivity contribution in [1.29, 1.82) is 0 Å². The summed E-state index contributed by atoms with van der Waals surface area (Å²) in [5.41, 5.74) is 7.83. The second-order valence-electron chi connectivity index (χ2n) is 3.67. The van der Waals surface area contributed by atoms with Gasteiger partial charge in [0.15, 0.2) is 0 Å². The van der Waals surface area contributed by atoms with Gasteiger partial charge in [-0.2, -0.15) is 5.10 Å². The topological polar surface area (TPSA) is 43.8 Å².